The number of thioether (sulfide) groups is 1. The van der Waals surface area contributed by atoms with E-state index in [2.05, 4.69) is 20.8 Å². The Morgan fingerprint density at radius 3 is 2.64 bits per heavy atom. The van der Waals surface area contributed by atoms with Gasteiger partial charge in [0.2, 0.25) is 5.91 Å². The lowest BCUT2D eigenvalue weighted by Gasteiger charge is -2.11. The molecule has 0 aliphatic heterocycles. The van der Waals surface area contributed by atoms with E-state index in [0.29, 0.717) is 17.5 Å². The number of urea groups is 1. The van der Waals surface area contributed by atoms with Crippen LogP contribution in [-0.4, -0.2) is 32.0 Å². The zero-order valence-corrected chi connectivity index (χ0v) is 16.6. The SMILES string of the molecule is Cc1occc1-c1nnc(SC(C)C(=O)NC(=O)NCc2ccccc2)n1C. The van der Waals surface area contributed by atoms with Gasteiger partial charge in [0, 0.05) is 13.6 Å². The van der Waals surface area contributed by atoms with Gasteiger partial charge in [-0.3, -0.25) is 10.1 Å². The van der Waals surface area contributed by atoms with E-state index in [1.54, 1.807) is 17.8 Å². The second-order valence-corrected chi connectivity index (χ2v) is 7.48. The van der Waals surface area contributed by atoms with Crippen molar-refractivity contribution in [2.24, 2.45) is 7.05 Å². The molecule has 2 heterocycles. The van der Waals surface area contributed by atoms with Crippen LogP contribution in [0.5, 0.6) is 0 Å². The Bertz CT molecular complexity index is 967. The molecule has 0 saturated carbocycles. The largest absolute Gasteiger partial charge is 0.469 e. The summed E-state index contributed by atoms with van der Waals surface area (Å²) >= 11 is 1.23. The fraction of sp³-hybridized carbons (Fsp3) is 0.263. The van der Waals surface area contributed by atoms with Gasteiger partial charge in [-0.05, 0) is 25.5 Å². The molecule has 3 aromatic rings. The molecular formula is C19H21N5O3S. The van der Waals surface area contributed by atoms with E-state index < -0.39 is 17.2 Å². The van der Waals surface area contributed by atoms with E-state index >= 15 is 0 Å². The minimum absolute atomic E-state index is 0.345. The maximum Gasteiger partial charge on any atom is 0.321 e. The molecule has 9 heteroatoms. The average molecular weight is 399 g/mol. The molecule has 28 heavy (non-hydrogen) atoms. The average Bonchev–Trinajstić information content (AvgIpc) is 3.26. The second-order valence-electron chi connectivity index (χ2n) is 6.17. The minimum atomic E-state index is -0.533. The summed E-state index contributed by atoms with van der Waals surface area (Å²) in [7, 11) is 1.82. The monoisotopic (exact) mass is 399 g/mol. The number of carbonyl (C=O) groups excluding carboxylic acids is 2. The van der Waals surface area contributed by atoms with Crippen LogP contribution in [0.25, 0.3) is 11.4 Å². The van der Waals surface area contributed by atoms with Gasteiger partial charge in [-0.15, -0.1) is 10.2 Å². The maximum absolute atomic E-state index is 12.3. The summed E-state index contributed by atoms with van der Waals surface area (Å²) in [5.41, 5.74) is 1.80. The predicted octanol–water partition coefficient (Wildman–Crippen LogP) is 2.89. The molecule has 2 N–H and O–H groups in total. The zero-order chi connectivity index (χ0) is 20.1. The summed E-state index contributed by atoms with van der Waals surface area (Å²) in [6.45, 7) is 3.90. The second kappa shape index (κ2) is 8.75. The van der Waals surface area contributed by atoms with E-state index in [1.165, 1.54) is 11.8 Å². The number of furan rings is 1. The molecule has 1 aromatic carbocycles. The van der Waals surface area contributed by atoms with Crippen LogP contribution in [-0.2, 0) is 18.4 Å². The molecule has 2 aromatic heterocycles. The van der Waals surface area contributed by atoms with Crippen LogP contribution in [0.3, 0.4) is 0 Å². The van der Waals surface area contributed by atoms with Gasteiger partial charge < -0.3 is 14.3 Å². The van der Waals surface area contributed by atoms with Crippen molar-refractivity contribution in [3.63, 3.8) is 0 Å². The fourth-order valence-electron chi connectivity index (χ4n) is 2.52. The van der Waals surface area contributed by atoms with Crippen molar-refractivity contribution in [2.45, 2.75) is 30.8 Å². The Labute approximate surface area is 166 Å². The van der Waals surface area contributed by atoms with E-state index in [0.717, 1.165) is 16.9 Å². The van der Waals surface area contributed by atoms with Gasteiger partial charge in [0.25, 0.3) is 0 Å². The molecule has 0 aliphatic rings. The van der Waals surface area contributed by atoms with Crippen LogP contribution in [0.2, 0.25) is 0 Å². The first kappa shape index (κ1) is 19.7. The van der Waals surface area contributed by atoms with Crippen LogP contribution < -0.4 is 10.6 Å². The van der Waals surface area contributed by atoms with E-state index in [-0.39, 0.29) is 0 Å². The van der Waals surface area contributed by atoms with Crippen molar-refractivity contribution >= 4 is 23.7 Å². The van der Waals surface area contributed by atoms with Gasteiger partial charge in [-0.1, -0.05) is 42.1 Å². The molecule has 0 saturated heterocycles. The standard InChI is InChI=1S/C19H21N5O3S/c1-12-15(9-10-27-12)16-22-23-19(24(16)3)28-13(2)17(25)21-18(26)20-11-14-7-5-4-6-8-14/h4-10,13H,11H2,1-3H3,(H2,20,21,25,26). The summed E-state index contributed by atoms with van der Waals surface area (Å²) < 4.78 is 7.10. The molecule has 146 valence electrons. The highest BCUT2D eigenvalue weighted by Crippen LogP contribution is 2.27. The fourth-order valence-corrected chi connectivity index (χ4v) is 3.33. The summed E-state index contributed by atoms with van der Waals surface area (Å²) in [4.78, 5) is 24.3. The summed E-state index contributed by atoms with van der Waals surface area (Å²) in [5, 5.41) is 13.4. The van der Waals surface area contributed by atoms with Crippen LogP contribution in [0.15, 0.2) is 52.2 Å². The van der Waals surface area contributed by atoms with Crippen LogP contribution >= 0.6 is 11.8 Å². The number of aryl methyl sites for hydroxylation is 1. The van der Waals surface area contributed by atoms with Crippen molar-refractivity contribution in [1.29, 1.82) is 0 Å². The molecule has 1 atom stereocenters. The number of carbonyl (C=O) groups is 2. The number of hydrogen-bond donors (Lipinski definition) is 2. The Balaban J connectivity index is 1.55. The van der Waals surface area contributed by atoms with Gasteiger partial charge in [0.1, 0.15) is 5.76 Å². The van der Waals surface area contributed by atoms with Gasteiger partial charge in [0.15, 0.2) is 11.0 Å². The van der Waals surface area contributed by atoms with E-state index in [1.807, 2.05) is 50.4 Å². The number of amides is 3. The molecule has 8 nitrogen and oxygen atoms in total. The van der Waals surface area contributed by atoms with Gasteiger partial charge >= 0.3 is 6.03 Å². The van der Waals surface area contributed by atoms with Crippen LogP contribution in [0.4, 0.5) is 4.79 Å². The summed E-state index contributed by atoms with van der Waals surface area (Å²) in [5.74, 6) is 0.995. The van der Waals surface area contributed by atoms with Crippen molar-refractivity contribution in [3.8, 4) is 11.4 Å². The smallest absolute Gasteiger partial charge is 0.321 e. The normalized spacial score (nSPS) is 11.8. The lowest BCUT2D eigenvalue weighted by molar-refractivity contribution is -0.119. The molecule has 0 aliphatic carbocycles. The quantitative estimate of drug-likeness (QED) is 0.618. The summed E-state index contributed by atoms with van der Waals surface area (Å²) in [6.07, 6.45) is 1.59. The molecule has 3 rings (SSSR count). The first-order valence-electron chi connectivity index (χ1n) is 8.69. The first-order chi connectivity index (χ1) is 13.5. The highest BCUT2D eigenvalue weighted by atomic mass is 32.2. The zero-order valence-electron chi connectivity index (χ0n) is 15.8. The number of hydrogen-bond acceptors (Lipinski definition) is 6. The number of rotatable bonds is 6. The maximum atomic E-state index is 12.3. The number of aromatic nitrogens is 3. The third-order valence-electron chi connectivity index (χ3n) is 4.12. The Kier molecular flexibility index (Phi) is 6.15. The third-order valence-corrected chi connectivity index (χ3v) is 5.25. The van der Waals surface area contributed by atoms with Crippen molar-refractivity contribution in [3.05, 3.63) is 54.0 Å². The van der Waals surface area contributed by atoms with Gasteiger partial charge in [-0.25, -0.2) is 4.79 Å². The van der Waals surface area contributed by atoms with Crippen LogP contribution in [0, 0.1) is 6.92 Å². The number of nitrogens with zero attached hydrogens (tertiary/aromatic N) is 3. The van der Waals surface area contributed by atoms with Crippen molar-refractivity contribution in [1.82, 2.24) is 25.4 Å². The van der Waals surface area contributed by atoms with E-state index in [4.69, 9.17) is 4.42 Å². The molecule has 1 unspecified atom stereocenters. The molecule has 0 spiro atoms. The first-order valence-corrected chi connectivity index (χ1v) is 9.57. The lowest BCUT2D eigenvalue weighted by Crippen LogP contribution is -2.42. The van der Waals surface area contributed by atoms with E-state index in [9.17, 15) is 9.59 Å². The Morgan fingerprint density at radius 2 is 1.96 bits per heavy atom. The van der Waals surface area contributed by atoms with Crippen molar-refractivity contribution in [2.75, 3.05) is 0 Å². The predicted molar refractivity (Wildman–Crippen MR) is 106 cm³/mol. The summed E-state index contributed by atoms with van der Waals surface area (Å²) in [6, 6.07) is 10.8. The minimum Gasteiger partial charge on any atom is -0.469 e. The molecule has 0 bridgehead atoms. The number of imide groups is 1. The molecule has 0 fully saturated rings. The number of nitrogens with one attached hydrogen (secondary N) is 2. The van der Waals surface area contributed by atoms with Crippen molar-refractivity contribution < 1.29 is 14.0 Å². The highest BCUT2D eigenvalue weighted by molar-refractivity contribution is 8.00. The molecule has 3 amide bonds. The van der Waals surface area contributed by atoms with Crippen LogP contribution in [0.1, 0.15) is 18.2 Å². The van der Waals surface area contributed by atoms with Gasteiger partial charge in [0.05, 0.1) is 17.1 Å². The van der Waals surface area contributed by atoms with Gasteiger partial charge in [-0.2, -0.15) is 0 Å². The third kappa shape index (κ3) is 4.61. The Morgan fingerprint density at radius 1 is 1.21 bits per heavy atom. The number of benzene rings is 1. The molecular weight excluding hydrogens is 378 g/mol. The molecule has 0 radical (unpaired) electrons. The topological polar surface area (TPSA) is 102 Å². The Hall–Kier alpha value is -3.07. The lowest BCUT2D eigenvalue weighted by atomic mass is 10.2. The highest BCUT2D eigenvalue weighted by Gasteiger charge is 2.21.